The number of ether oxygens (including phenoxy) is 1. The van der Waals surface area contributed by atoms with Crippen molar-refractivity contribution in [1.29, 1.82) is 0 Å². The molecule has 2 aromatic carbocycles. The molecule has 0 amide bonds. The number of methoxy groups -OCH3 is 1. The van der Waals surface area contributed by atoms with E-state index in [4.69, 9.17) is 4.74 Å². The van der Waals surface area contributed by atoms with Gasteiger partial charge in [0.05, 0.1) is 7.11 Å². The molecule has 1 aliphatic heterocycles. The van der Waals surface area contributed by atoms with E-state index in [0.29, 0.717) is 0 Å². The molecule has 1 aliphatic carbocycles. The molecule has 1 fully saturated rings. The average Bonchev–Trinajstić information content (AvgIpc) is 3.15. The number of aromatic nitrogens is 1. The maximum atomic E-state index is 5.46. The molecule has 5 rings (SSSR count). The minimum atomic E-state index is 0.755. The van der Waals surface area contributed by atoms with Gasteiger partial charge in [0.25, 0.3) is 0 Å². The van der Waals surface area contributed by atoms with Crippen LogP contribution in [0.1, 0.15) is 48.4 Å². The Bertz CT molecular complexity index is 954. The van der Waals surface area contributed by atoms with Crippen LogP contribution in [0.25, 0.3) is 10.9 Å². The summed E-state index contributed by atoms with van der Waals surface area (Å²) >= 11 is 0. The third kappa shape index (κ3) is 3.93. The van der Waals surface area contributed by atoms with Crippen LogP contribution >= 0.6 is 0 Å². The van der Waals surface area contributed by atoms with Crippen LogP contribution < -0.4 is 4.74 Å². The molecule has 3 aromatic rings. The van der Waals surface area contributed by atoms with Gasteiger partial charge in [-0.2, -0.15) is 0 Å². The Hall–Kier alpha value is -2.26. The number of benzene rings is 2. The lowest BCUT2D eigenvalue weighted by atomic mass is 9.84. The second-order valence-electron chi connectivity index (χ2n) is 8.92. The number of H-pyrrole nitrogens is 1. The summed E-state index contributed by atoms with van der Waals surface area (Å²) < 4.78 is 5.46. The van der Waals surface area contributed by atoms with Gasteiger partial charge in [-0.25, -0.2) is 0 Å². The normalized spacial score (nSPS) is 20.7. The molecule has 2 aliphatic rings. The number of fused-ring (bicyclic) bond motifs is 3. The Morgan fingerprint density at radius 3 is 2.66 bits per heavy atom. The fourth-order valence-electron chi connectivity index (χ4n) is 5.42. The van der Waals surface area contributed by atoms with Gasteiger partial charge in [0.2, 0.25) is 0 Å². The van der Waals surface area contributed by atoms with Gasteiger partial charge in [0.1, 0.15) is 5.75 Å². The molecule has 29 heavy (non-hydrogen) atoms. The summed E-state index contributed by atoms with van der Waals surface area (Å²) in [6, 6.07) is 17.5. The number of nitrogens with zero attached hydrogens (tertiary/aromatic N) is 1. The predicted octanol–water partition coefficient (Wildman–Crippen LogP) is 5.55. The molecular weight excluding hydrogens is 356 g/mol. The van der Waals surface area contributed by atoms with Crippen molar-refractivity contribution in [3.63, 3.8) is 0 Å². The summed E-state index contributed by atoms with van der Waals surface area (Å²) in [6.07, 6.45) is 7.65. The van der Waals surface area contributed by atoms with Gasteiger partial charge in [0, 0.05) is 16.6 Å². The van der Waals surface area contributed by atoms with E-state index >= 15 is 0 Å². The van der Waals surface area contributed by atoms with Crippen molar-refractivity contribution in [2.45, 2.75) is 44.4 Å². The van der Waals surface area contributed by atoms with E-state index in [2.05, 4.69) is 58.4 Å². The van der Waals surface area contributed by atoms with Gasteiger partial charge in [-0.05, 0) is 99.3 Å². The molecule has 3 heteroatoms. The zero-order chi connectivity index (χ0) is 19.6. The van der Waals surface area contributed by atoms with Crippen LogP contribution in [-0.2, 0) is 12.8 Å². The van der Waals surface area contributed by atoms with E-state index in [9.17, 15) is 0 Å². The number of aryl methyl sites for hydroxylation is 1. The standard InChI is InChI=1S/C26H32N2O/c1-29-22-8-10-26-24(18-22)23-17-19(7-9-25(23)27-26)11-14-28-15-12-21(13-16-28)20-5-3-2-4-6-20/h2-6,8,10,18-19,21,27H,7,9,11-17H2,1H3. The van der Waals surface area contributed by atoms with Crippen molar-refractivity contribution in [3.8, 4) is 5.75 Å². The molecule has 152 valence electrons. The minimum Gasteiger partial charge on any atom is -0.497 e. The van der Waals surface area contributed by atoms with E-state index in [1.54, 1.807) is 7.11 Å². The number of hydrogen-bond acceptors (Lipinski definition) is 2. The topological polar surface area (TPSA) is 28.3 Å². The first-order valence-electron chi connectivity index (χ1n) is 11.2. The highest BCUT2D eigenvalue weighted by atomic mass is 16.5. The molecule has 1 N–H and O–H groups in total. The maximum absolute atomic E-state index is 5.46. The maximum Gasteiger partial charge on any atom is 0.119 e. The van der Waals surface area contributed by atoms with Crippen LogP contribution in [-0.4, -0.2) is 36.6 Å². The van der Waals surface area contributed by atoms with Crippen LogP contribution in [0.3, 0.4) is 0 Å². The predicted molar refractivity (Wildman–Crippen MR) is 120 cm³/mol. The fourth-order valence-corrected chi connectivity index (χ4v) is 5.42. The van der Waals surface area contributed by atoms with Crippen molar-refractivity contribution in [1.82, 2.24) is 9.88 Å². The largest absolute Gasteiger partial charge is 0.497 e. The molecule has 1 atom stereocenters. The number of aromatic amines is 1. The molecule has 0 spiro atoms. The van der Waals surface area contributed by atoms with Crippen molar-refractivity contribution < 1.29 is 4.74 Å². The van der Waals surface area contributed by atoms with Crippen molar-refractivity contribution in [2.75, 3.05) is 26.7 Å². The van der Waals surface area contributed by atoms with Crippen LogP contribution in [0.2, 0.25) is 0 Å². The lowest BCUT2D eigenvalue weighted by Crippen LogP contribution is -2.34. The van der Waals surface area contributed by atoms with Crippen LogP contribution in [0, 0.1) is 5.92 Å². The van der Waals surface area contributed by atoms with E-state index in [0.717, 1.165) is 17.6 Å². The Morgan fingerprint density at radius 1 is 1.03 bits per heavy atom. The van der Waals surface area contributed by atoms with Gasteiger partial charge < -0.3 is 14.6 Å². The molecule has 1 unspecified atom stereocenters. The highest BCUT2D eigenvalue weighted by Crippen LogP contribution is 2.35. The number of hydrogen-bond donors (Lipinski definition) is 1. The van der Waals surface area contributed by atoms with Gasteiger partial charge in [0.15, 0.2) is 0 Å². The zero-order valence-corrected chi connectivity index (χ0v) is 17.5. The lowest BCUT2D eigenvalue weighted by Gasteiger charge is -2.33. The summed E-state index contributed by atoms with van der Waals surface area (Å²) in [5, 5.41) is 1.37. The van der Waals surface area contributed by atoms with Crippen molar-refractivity contribution >= 4 is 10.9 Å². The molecule has 3 nitrogen and oxygen atoms in total. The fraction of sp³-hybridized carbons (Fsp3) is 0.462. The monoisotopic (exact) mass is 388 g/mol. The van der Waals surface area contributed by atoms with Crippen LogP contribution in [0.4, 0.5) is 0 Å². The highest BCUT2D eigenvalue weighted by Gasteiger charge is 2.25. The number of likely N-dealkylation sites (tertiary alicyclic amines) is 1. The quantitative estimate of drug-likeness (QED) is 0.620. The van der Waals surface area contributed by atoms with E-state index in [1.807, 2.05) is 0 Å². The molecule has 0 radical (unpaired) electrons. The number of piperidine rings is 1. The summed E-state index contributed by atoms with van der Waals surface area (Å²) in [6.45, 7) is 3.76. The average molecular weight is 389 g/mol. The Morgan fingerprint density at radius 2 is 1.86 bits per heavy atom. The third-order valence-electron chi connectivity index (χ3n) is 7.21. The minimum absolute atomic E-state index is 0.755. The first-order chi connectivity index (χ1) is 14.3. The molecule has 1 saturated heterocycles. The summed E-state index contributed by atoms with van der Waals surface area (Å²) in [4.78, 5) is 6.35. The molecule has 0 saturated carbocycles. The molecule has 2 heterocycles. The van der Waals surface area contributed by atoms with Gasteiger partial charge in [-0.15, -0.1) is 0 Å². The van der Waals surface area contributed by atoms with Crippen LogP contribution in [0.5, 0.6) is 5.75 Å². The highest BCUT2D eigenvalue weighted by molar-refractivity contribution is 5.86. The number of rotatable bonds is 5. The first-order valence-corrected chi connectivity index (χ1v) is 11.2. The van der Waals surface area contributed by atoms with Crippen molar-refractivity contribution in [2.24, 2.45) is 5.92 Å². The lowest BCUT2D eigenvalue weighted by molar-refractivity contribution is 0.195. The second kappa shape index (κ2) is 8.23. The molecular formula is C26H32N2O. The van der Waals surface area contributed by atoms with E-state index < -0.39 is 0 Å². The summed E-state index contributed by atoms with van der Waals surface area (Å²) in [5.41, 5.74) is 5.78. The van der Waals surface area contributed by atoms with E-state index in [-0.39, 0.29) is 0 Å². The van der Waals surface area contributed by atoms with Gasteiger partial charge in [-0.1, -0.05) is 30.3 Å². The smallest absolute Gasteiger partial charge is 0.119 e. The Kier molecular flexibility index (Phi) is 5.32. The first kappa shape index (κ1) is 18.7. The zero-order valence-electron chi connectivity index (χ0n) is 17.5. The Labute approximate surface area is 174 Å². The van der Waals surface area contributed by atoms with Gasteiger partial charge >= 0.3 is 0 Å². The van der Waals surface area contributed by atoms with Crippen LogP contribution in [0.15, 0.2) is 48.5 Å². The molecule has 0 bridgehead atoms. The molecule has 1 aromatic heterocycles. The Balaban J connectivity index is 1.17. The summed E-state index contributed by atoms with van der Waals surface area (Å²) in [7, 11) is 1.75. The van der Waals surface area contributed by atoms with Gasteiger partial charge in [-0.3, -0.25) is 0 Å². The van der Waals surface area contributed by atoms with Crippen molar-refractivity contribution in [3.05, 3.63) is 65.4 Å². The third-order valence-corrected chi connectivity index (χ3v) is 7.21. The SMILES string of the molecule is COc1ccc2[nH]c3c(c2c1)CC(CCN1CCC(c2ccccc2)CC1)CC3. The summed E-state index contributed by atoms with van der Waals surface area (Å²) in [5.74, 6) is 2.52. The second-order valence-corrected chi connectivity index (χ2v) is 8.92. The van der Waals surface area contributed by atoms with E-state index in [1.165, 1.54) is 85.9 Å². The number of nitrogens with one attached hydrogen (secondary N) is 1.